The van der Waals surface area contributed by atoms with E-state index in [1.165, 1.54) is 32.1 Å². The van der Waals surface area contributed by atoms with E-state index in [1.807, 2.05) is 0 Å². The summed E-state index contributed by atoms with van der Waals surface area (Å²) in [4.78, 5) is 0. The van der Waals surface area contributed by atoms with Crippen molar-refractivity contribution in [3.05, 3.63) is 18.7 Å². The van der Waals surface area contributed by atoms with E-state index in [2.05, 4.69) is 46.1 Å². The maximum absolute atomic E-state index is 4.02. The summed E-state index contributed by atoms with van der Waals surface area (Å²) in [6.45, 7) is 9.58. The van der Waals surface area contributed by atoms with Crippen LogP contribution < -0.4 is 5.32 Å². The van der Waals surface area contributed by atoms with Crippen LogP contribution in [0.5, 0.6) is 0 Å². The molecule has 2 aliphatic rings. The average molecular weight is 235 g/mol. The third kappa shape index (κ3) is 2.31. The lowest BCUT2D eigenvalue weighted by atomic mass is 9.59. The van der Waals surface area contributed by atoms with Crippen molar-refractivity contribution in [2.75, 3.05) is 0 Å². The molecule has 1 nitrogen and oxygen atoms in total. The Morgan fingerprint density at radius 1 is 1.35 bits per heavy atom. The zero-order valence-corrected chi connectivity index (χ0v) is 12.1. The van der Waals surface area contributed by atoms with Gasteiger partial charge in [0.05, 0.1) is 5.54 Å². The lowest BCUT2D eigenvalue weighted by Gasteiger charge is -2.47. The molecular formula is C16H29N. The predicted molar refractivity (Wildman–Crippen MR) is 73.3 cm³/mol. The first-order chi connectivity index (χ1) is 7.89. The van der Waals surface area contributed by atoms with Gasteiger partial charge in [-0.15, -0.1) is 0 Å². The van der Waals surface area contributed by atoms with Gasteiger partial charge < -0.3 is 5.32 Å². The van der Waals surface area contributed by atoms with Crippen molar-refractivity contribution in [3.63, 3.8) is 0 Å². The van der Waals surface area contributed by atoms with Crippen molar-refractivity contribution in [2.24, 2.45) is 17.3 Å². The zero-order valence-electron chi connectivity index (χ0n) is 12.1. The van der Waals surface area contributed by atoms with E-state index in [0.717, 1.165) is 5.92 Å². The summed E-state index contributed by atoms with van der Waals surface area (Å²) < 4.78 is 0. The van der Waals surface area contributed by atoms with Crippen molar-refractivity contribution >= 4 is 0 Å². The number of hydrogen-bond acceptors (Lipinski definition) is 0. The van der Waals surface area contributed by atoms with Crippen molar-refractivity contribution < 1.29 is 5.32 Å². The van der Waals surface area contributed by atoms with Crippen molar-refractivity contribution in [1.82, 2.24) is 0 Å². The van der Waals surface area contributed by atoms with E-state index in [9.17, 15) is 0 Å². The van der Waals surface area contributed by atoms with E-state index in [0.29, 0.717) is 11.3 Å². The van der Waals surface area contributed by atoms with E-state index < -0.39 is 0 Å². The molecule has 0 radical (unpaired) electrons. The van der Waals surface area contributed by atoms with Crippen LogP contribution in [0.25, 0.3) is 0 Å². The molecule has 0 aromatic rings. The normalized spacial score (nSPS) is 38.5. The second kappa shape index (κ2) is 4.42. The molecule has 0 saturated heterocycles. The molecule has 3 atom stereocenters. The molecule has 2 aliphatic carbocycles. The number of nitrogens with two attached hydrogens (primary N) is 1. The molecule has 98 valence electrons. The highest BCUT2D eigenvalue weighted by Crippen LogP contribution is 2.51. The molecule has 0 aliphatic heterocycles. The van der Waals surface area contributed by atoms with Gasteiger partial charge >= 0.3 is 0 Å². The molecule has 1 heteroatoms. The van der Waals surface area contributed by atoms with Crippen LogP contribution in [0.2, 0.25) is 0 Å². The fraction of sp³-hybridized carbons (Fsp3) is 0.812. The number of quaternary nitrogens is 1. The van der Waals surface area contributed by atoms with E-state index >= 15 is 0 Å². The van der Waals surface area contributed by atoms with Gasteiger partial charge in [-0.1, -0.05) is 31.9 Å². The molecule has 0 amide bonds. The zero-order chi connectivity index (χ0) is 12.7. The lowest BCUT2D eigenvalue weighted by molar-refractivity contribution is -0.675. The molecule has 0 aromatic heterocycles. The van der Waals surface area contributed by atoms with E-state index in [1.54, 1.807) is 5.57 Å². The lowest BCUT2D eigenvalue weighted by Crippen LogP contribution is -2.91. The monoisotopic (exact) mass is 235 g/mol. The maximum atomic E-state index is 4.02. The Morgan fingerprint density at radius 3 is 2.71 bits per heavy atom. The fourth-order valence-electron chi connectivity index (χ4n) is 3.84. The van der Waals surface area contributed by atoms with Crippen molar-refractivity contribution in [1.29, 1.82) is 0 Å². The van der Waals surface area contributed by atoms with Gasteiger partial charge in [0.15, 0.2) is 0 Å². The minimum atomic E-state index is 0.255. The van der Waals surface area contributed by atoms with Crippen molar-refractivity contribution in [3.8, 4) is 0 Å². The van der Waals surface area contributed by atoms with Gasteiger partial charge in [-0.25, -0.2) is 0 Å². The van der Waals surface area contributed by atoms with Crippen LogP contribution in [0.15, 0.2) is 11.6 Å². The Balaban J connectivity index is 2.28. The minimum Gasteiger partial charge on any atom is -0.474 e. The largest absolute Gasteiger partial charge is 0.474 e. The second-order valence-electron chi connectivity index (χ2n) is 7.15. The van der Waals surface area contributed by atoms with Gasteiger partial charge in [0.2, 0.25) is 0 Å². The maximum Gasteiger partial charge on any atom is 0.0729 e. The molecule has 2 N–H and O–H groups in total. The van der Waals surface area contributed by atoms with Gasteiger partial charge in [-0.2, -0.15) is 7.05 Å². The second-order valence-corrected chi connectivity index (χ2v) is 7.15. The molecule has 0 spiro atoms. The van der Waals surface area contributed by atoms with E-state index in [4.69, 9.17) is 0 Å². The van der Waals surface area contributed by atoms with Gasteiger partial charge in [-0.05, 0) is 50.9 Å². The van der Waals surface area contributed by atoms with Crippen LogP contribution in [0.4, 0.5) is 0 Å². The molecule has 0 bridgehead atoms. The highest BCUT2D eigenvalue weighted by molar-refractivity contribution is 5.23. The number of allylic oxidation sites excluding steroid dienone is 1. The predicted octanol–water partition coefficient (Wildman–Crippen LogP) is 3.28. The summed E-state index contributed by atoms with van der Waals surface area (Å²) in [5, 5.41) is 2.14. The molecule has 1 fully saturated rings. The highest BCUT2D eigenvalue weighted by Gasteiger charge is 2.41. The van der Waals surface area contributed by atoms with Crippen LogP contribution in [0.3, 0.4) is 0 Å². The van der Waals surface area contributed by atoms with E-state index in [-0.39, 0.29) is 5.54 Å². The van der Waals surface area contributed by atoms with Crippen LogP contribution >= 0.6 is 0 Å². The van der Waals surface area contributed by atoms with Gasteiger partial charge in [0.1, 0.15) is 0 Å². The highest BCUT2D eigenvalue weighted by atomic mass is 14.9. The summed E-state index contributed by atoms with van der Waals surface area (Å²) in [5.74, 6) is 1.50. The first kappa shape index (κ1) is 13.1. The molecule has 0 unspecified atom stereocenters. The molecule has 0 heterocycles. The summed E-state index contributed by atoms with van der Waals surface area (Å²) in [6, 6.07) is 0. The SMILES string of the molecule is [CH2-][NH2+]C(C)(C)[C@@H]1C=C2[C@@H](C)CCC[C@@]2(C)CC1. The Kier molecular flexibility index (Phi) is 3.42. The average Bonchev–Trinajstić information content (AvgIpc) is 2.28. The number of fused-ring (bicyclic) bond motifs is 1. The Bertz CT molecular complexity index is 315. The van der Waals surface area contributed by atoms with Gasteiger partial charge in [0, 0.05) is 5.92 Å². The third-order valence-corrected chi connectivity index (χ3v) is 5.46. The fourth-order valence-corrected chi connectivity index (χ4v) is 3.84. The first-order valence-electron chi connectivity index (χ1n) is 7.25. The van der Waals surface area contributed by atoms with Crippen LogP contribution in [0.1, 0.15) is 59.8 Å². The third-order valence-electron chi connectivity index (χ3n) is 5.46. The Hall–Kier alpha value is -0.300. The van der Waals surface area contributed by atoms with Crippen LogP contribution in [0, 0.1) is 24.3 Å². The number of hydrogen-bond donors (Lipinski definition) is 1. The molecule has 1 saturated carbocycles. The topological polar surface area (TPSA) is 16.6 Å². The van der Waals surface area contributed by atoms with Crippen LogP contribution in [-0.4, -0.2) is 5.54 Å². The summed E-state index contributed by atoms with van der Waals surface area (Å²) in [5.41, 5.74) is 2.53. The number of rotatable bonds is 2. The Morgan fingerprint density at radius 2 is 2.06 bits per heavy atom. The summed E-state index contributed by atoms with van der Waals surface area (Å²) >= 11 is 0. The molecule has 2 rings (SSSR count). The molecule has 0 aromatic carbocycles. The summed E-state index contributed by atoms with van der Waals surface area (Å²) in [7, 11) is 4.02. The van der Waals surface area contributed by atoms with Gasteiger partial charge in [0.25, 0.3) is 0 Å². The summed E-state index contributed by atoms with van der Waals surface area (Å²) in [6.07, 6.45) is 9.56. The quantitative estimate of drug-likeness (QED) is 0.559. The first-order valence-corrected chi connectivity index (χ1v) is 7.25. The Labute approximate surface area is 107 Å². The molecule has 17 heavy (non-hydrogen) atoms. The smallest absolute Gasteiger partial charge is 0.0729 e. The van der Waals surface area contributed by atoms with Crippen LogP contribution in [-0.2, 0) is 0 Å². The standard InChI is InChI=1S/C16H29N/c1-12-7-6-9-16(4)10-8-13(11-14(12)16)15(2,3)17-5/h11-13H,5-10,17H2,1-4H3/t12-,13-,16-/m0/s1. The van der Waals surface area contributed by atoms with Gasteiger partial charge in [-0.3, -0.25) is 0 Å². The minimum absolute atomic E-state index is 0.255. The molecular weight excluding hydrogens is 206 g/mol. The van der Waals surface area contributed by atoms with Crippen molar-refractivity contribution in [2.45, 2.75) is 65.3 Å².